The Morgan fingerprint density at radius 2 is 1.59 bits per heavy atom. The topological polar surface area (TPSA) is 80.8 Å². The average molecular weight is 431 g/mol. The molecule has 2 aromatic rings. The van der Waals surface area contributed by atoms with Gasteiger partial charge in [-0.05, 0) is 68.7 Å². The van der Waals surface area contributed by atoms with E-state index in [0.717, 1.165) is 30.4 Å². The van der Waals surface area contributed by atoms with Crippen molar-refractivity contribution in [1.29, 1.82) is 0 Å². The van der Waals surface area contributed by atoms with Crippen LogP contribution in [0.5, 0.6) is 0 Å². The number of aryl methyl sites for hydroxylation is 2. The van der Waals surface area contributed by atoms with E-state index < -0.39 is 12.6 Å². The molecule has 0 aromatic heterocycles. The molecule has 2 bridgehead atoms. The minimum Gasteiger partial charge on any atom is -0.454 e. The van der Waals surface area contributed by atoms with Gasteiger partial charge in [-0.2, -0.15) is 0 Å². The van der Waals surface area contributed by atoms with Gasteiger partial charge in [-0.1, -0.05) is 29.8 Å². The summed E-state index contributed by atoms with van der Waals surface area (Å²) in [5, 5.41) is 0. The van der Waals surface area contributed by atoms with E-state index >= 15 is 0 Å². The van der Waals surface area contributed by atoms with Crippen molar-refractivity contribution < 1.29 is 23.9 Å². The molecule has 1 aliphatic heterocycles. The van der Waals surface area contributed by atoms with Crippen molar-refractivity contribution >= 4 is 29.3 Å². The Balaban J connectivity index is 1.36. The molecule has 0 radical (unpaired) electrons. The lowest BCUT2D eigenvalue weighted by Crippen LogP contribution is -2.34. The second-order valence-electron chi connectivity index (χ2n) is 9.23. The summed E-state index contributed by atoms with van der Waals surface area (Å²) in [4.78, 5) is 53.0. The van der Waals surface area contributed by atoms with Gasteiger partial charge in [-0.25, -0.2) is 9.69 Å². The number of hydrogen-bond acceptors (Lipinski definition) is 5. The number of nitrogens with zero attached hydrogens (tertiary/aromatic N) is 1. The van der Waals surface area contributed by atoms with E-state index in [1.807, 2.05) is 26.0 Å². The summed E-state index contributed by atoms with van der Waals surface area (Å²) in [5.74, 6) is -1.44. The summed E-state index contributed by atoms with van der Waals surface area (Å²) in [6.45, 7) is 3.32. The lowest BCUT2D eigenvalue weighted by atomic mass is 9.81. The van der Waals surface area contributed by atoms with Crippen LogP contribution in [-0.4, -0.2) is 30.2 Å². The fourth-order valence-electron chi connectivity index (χ4n) is 5.81. The SMILES string of the molecule is Cc1ccc(C)c(C(=O)COC(=O)c2ccccc2N2C(=O)[C@@H]3[C@H]4CC[C@@H](C4)[C@@H]3C2=O)c1. The summed E-state index contributed by atoms with van der Waals surface area (Å²) >= 11 is 0. The van der Waals surface area contributed by atoms with Crippen LogP contribution in [0.15, 0.2) is 42.5 Å². The van der Waals surface area contributed by atoms with Crippen LogP contribution in [0.1, 0.15) is 51.1 Å². The highest BCUT2D eigenvalue weighted by Gasteiger charge is 2.61. The Morgan fingerprint density at radius 3 is 2.28 bits per heavy atom. The molecule has 32 heavy (non-hydrogen) atoms. The van der Waals surface area contributed by atoms with Gasteiger partial charge in [0, 0.05) is 5.56 Å². The quantitative estimate of drug-likeness (QED) is 0.408. The summed E-state index contributed by atoms with van der Waals surface area (Å²) in [7, 11) is 0. The highest BCUT2D eigenvalue weighted by atomic mass is 16.5. The van der Waals surface area contributed by atoms with Crippen molar-refractivity contribution in [3.63, 3.8) is 0 Å². The molecule has 6 nitrogen and oxygen atoms in total. The second-order valence-corrected chi connectivity index (χ2v) is 9.23. The molecule has 1 heterocycles. The van der Waals surface area contributed by atoms with Gasteiger partial charge < -0.3 is 4.74 Å². The van der Waals surface area contributed by atoms with Crippen molar-refractivity contribution in [2.75, 3.05) is 11.5 Å². The van der Waals surface area contributed by atoms with E-state index in [4.69, 9.17) is 4.74 Å². The van der Waals surface area contributed by atoms with Crippen LogP contribution >= 0.6 is 0 Å². The summed E-state index contributed by atoms with van der Waals surface area (Å²) in [6.07, 6.45) is 2.93. The van der Waals surface area contributed by atoms with Crippen molar-refractivity contribution in [2.45, 2.75) is 33.1 Å². The monoisotopic (exact) mass is 431 g/mol. The van der Waals surface area contributed by atoms with Crippen LogP contribution in [0.3, 0.4) is 0 Å². The first-order chi connectivity index (χ1) is 15.4. The molecule has 3 aliphatic rings. The van der Waals surface area contributed by atoms with E-state index in [-0.39, 0.29) is 52.5 Å². The largest absolute Gasteiger partial charge is 0.454 e. The standard InChI is InChI=1S/C26H25NO5/c1-14-7-8-15(2)19(11-14)21(28)13-32-26(31)18-5-3-4-6-20(18)27-24(29)22-16-9-10-17(12-16)23(22)25(27)30/h3-8,11,16-17,22-23H,9-10,12-13H2,1-2H3/t16-,17-,22-,23+/m0/s1. The van der Waals surface area contributed by atoms with Crippen LogP contribution in [0.4, 0.5) is 5.69 Å². The number of para-hydroxylation sites is 1. The number of amides is 2. The Kier molecular flexibility index (Phi) is 4.96. The zero-order valence-corrected chi connectivity index (χ0v) is 18.2. The molecular weight excluding hydrogens is 406 g/mol. The number of imide groups is 1. The number of hydrogen-bond donors (Lipinski definition) is 0. The molecule has 0 spiro atoms. The number of rotatable bonds is 5. The fraction of sp³-hybridized carbons (Fsp3) is 0.385. The maximum absolute atomic E-state index is 13.2. The normalized spacial score (nSPS) is 25.9. The van der Waals surface area contributed by atoms with Crippen LogP contribution < -0.4 is 4.90 Å². The van der Waals surface area contributed by atoms with Crippen LogP contribution in [0, 0.1) is 37.5 Å². The maximum Gasteiger partial charge on any atom is 0.340 e. The fourth-order valence-corrected chi connectivity index (χ4v) is 5.81. The van der Waals surface area contributed by atoms with E-state index in [1.54, 1.807) is 24.3 Å². The highest BCUT2D eigenvalue weighted by Crippen LogP contribution is 2.56. The Morgan fingerprint density at radius 1 is 0.938 bits per heavy atom. The number of esters is 1. The third-order valence-electron chi connectivity index (χ3n) is 7.32. The molecule has 1 saturated heterocycles. The summed E-state index contributed by atoms with van der Waals surface area (Å²) in [6, 6.07) is 12.0. The van der Waals surface area contributed by atoms with Crippen LogP contribution in [0.25, 0.3) is 0 Å². The number of Topliss-reactive ketones (excluding diaryl/α,β-unsaturated/α-hetero) is 1. The molecule has 0 N–H and O–H groups in total. The average Bonchev–Trinajstić information content (AvgIpc) is 3.47. The lowest BCUT2D eigenvalue weighted by Gasteiger charge is -2.20. The van der Waals surface area contributed by atoms with Crippen molar-refractivity contribution in [2.24, 2.45) is 23.7 Å². The molecule has 4 atom stereocenters. The van der Waals surface area contributed by atoms with Crippen LogP contribution in [0.2, 0.25) is 0 Å². The zero-order valence-electron chi connectivity index (χ0n) is 18.2. The molecular formula is C26H25NO5. The smallest absolute Gasteiger partial charge is 0.340 e. The number of anilines is 1. The molecule has 2 aliphatic carbocycles. The Hall–Kier alpha value is -3.28. The van der Waals surface area contributed by atoms with Gasteiger partial charge >= 0.3 is 5.97 Å². The molecule has 2 saturated carbocycles. The third-order valence-corrected chi connectivity index (χ3v) is 7.32. The van der Waals surface area contributed by atoms with Gasteiger partial charge in [-0.3, -0.25) is 14.4 Å². The predicted molar refractivity (Wildman–Crippen MR) is 117 cm³/mol. The van der Waals surface area contributed by atoms with E-state index in [2.05, 4.69) is 0 Å². The molecule has 5 rings (SSSR count). The van der Waals surface area contributed by atoms with Gasteiger partial charge in [-0.15, -0.1) is 0 Å². The maximum atomic E-state index is 13.2. The number of fused-ring (bicyclic) bond motifs is 5. The Labute approximate surface area is 186 Å². The zero-order chi connectivity index (χ0) is 22.6. The number of ether oxygens (including phenoxy) is 1. The first-order valence-corrected chi connectivity index (χ1v) is 11.1. The predicted octanol–water partition coefficient (Wildman–Crippen LogP) is 3.88. The van der Waals surface area contributed by atoms with Crippen molar-refractivity contribution in [3.05, 3.63) is 64.7 Å². The van der Waals surface area contributed by atoms with Crippen LogP contribution in [-0.2, 0) is 14.3 Å². The van der Waals surface area contributed by atoms with Gasteiger partial charge in [0.2, 0.25) is 17.6 Å². The highest BCUT2D eigenvalue weighted by molar-refractivity contribution is 6.24. The minimum absolute atomic E-state index is 0.121. The van der Waals surface area contributed by atoms with Gasteiger partial charge in [0.1, 0.15) is 0 Å². The van der Waals surface area contributed by atoms with Gasteiger partial charge in [0.15, 0.2) is 6.61 Å². The molecule has 3 fully saturated rings. The number of carbonyl (C=O) groups excluding carboxylic acids is 4. The molecule has 164 valence electrons. The molecule has 6 heteroatoms. The number of ketones is 1. The molecule has 2 amide bonds. The molecule has 0 unspecified atom stereocenters. The summed E-state index contributed by atoms with van der Waals surface area (Å²) < 4.78 is 5.32. The van der Waals surface area contributed by atoms with Crippen molar-refractivity contribution in [1.82, 2.24) is 0 Å². The Bertz CT molecular complexity index is 1120. The van der Waals surface area contributed by atoms with E-state index in [1.165, 1.54) is 11.0 Å². The van der Waals surface area contributed by atoms with E-state index in [0.29, 0.717) is 5.56 Å². The first kappa shape index (κ1) is 20.6. The second kappa shape index (κ2) is 7.69. The molecule has 2 aromatic carbocycles. The third kappa shape index (κ3) is 3.17. The van der Waals surface area contributed by atoms with Gasteiger partial charge in [0.25, 0.3) is 0 Å². The lowest BCUT2D eigenvalue weighted by molar-refractivity contribution is -0.123. The van der Waals surface area contributed by atoms with E-state index in [9.17, 15) is 19.2 Å². The van der Waals surface area contributed by atoms with Crippen molar-refractivity contribution in [3.8, 4) is 0 Å². The summed E-state index contributed by atoms with van der Waals surface area (Å²) in [5.41, 5.74) is 2.64. The van der Waals surface area contributed by atoms with Gasteiger partial charge in [0.05, 0.1) is 23.1 Å². The number of benzene rings is 2. The first-order valence-electron chi connectivity index (χ1n) is 11.1. The minimum atomic E-state index is -0.722. The number of carbonyl (C=O) groups is 4.